The van der Waals surface area contributed by atoms with Gasteiger partial charge in [-0.2, -0.15) is 0 Å². The van der Waals surface area contributed by atoms with E-state index in [-0.39, 0.29) is 18.3 Å². The van der Waals surface area contributed by atoms with Crippen molar-refractivity contribution < 1.29 is 18.7 Å². The number of amides is 1. The van der Waals surface area contributed by atoms with Crippen molar-refractivity contribution in [3.8, 4) is 5.75 Å². The molecule has 1 amide bonds. The molecule has 1 heterocycles. The average molecular weight is 482 g/mol. The van der Waals surface area contributed by atoms with Crippen molar-refractivity contribution in [1.29, 1.82) is 0 Å². The van der Waals surface area contributed by atoms with Crippen LogP contribution >= 0.6 is 22.6 Å². The maximum Gasteiger partial charge on any atom is 0.260 e. The summed E-state index contributed by atoms with van der Waals surface area (Å²) >= 11 is 2.19. The van der Waals surface area contributed by atoms with Crippen LogP contribution in [0.25, 0.3) is 0 Å². The summed E-state index contributed by atoms with van der Waals surface area (Å²) in [6.45, 7) is 3.47. The lowest BCUT2D eigenvalue weighted by atomic mass is 10.1. The van der Waals surface area contributed by atoms with Crippen LogP contribution in [0.3, 0.4) is 0 Å². The molecule has 0 aliphatic carbocycles. The van der Waals surface area contributed by atoms with Crippen molar-refractivity contribution in [3.63, 3.8) is 0 Å². The van der Waals surface area contributed by atoms with Gasteiger partial charge in [0.05, 0.1) is 5.69 Å². The molecule has 5 nitrogen and oxygen atoms in total. The van der Waals surface area contributed by atoms with Crippen molar-refractivity contribution in [3.05, 3.63) is 57.4 Å². The molecule has 2 aromatic rings. The number of benzene rings is 2. The molecule has 27 heavy (non-hydrogen) atoms. The highest BCUT2D eigenvalue weighted by Gasteiger charge is 2.23. The number of ether oxygens (including phenoxy) is 1. The summed E-state index contributed by atoms with van der Waals surface area (Å²) in [5.41, 5.74) is 0.819. The summed E-state index contributed by atoms with van der Waals surface area (Å²) in [6.07, 6.45) is 0. The van der Waals surface area contributed by atoms with Gasteiger partial charge >= 0.3 is 0 Å². The fourth-order valence-corrected chi connectivity index (χ4v) is 3.49. The second kappa shape index (κ2) is 8.69. The first-order chi connectivity index (χ1) is 12.9. The van der Waals surface area contributed by atoms with Gasteiger partial charge in [0.2, 0.25) is 0 Å². The van der Waals surface area contributed by atoms with Crippen molar-refractivity contribution in [2.75, 3.05) is 37.7 Å². The van der Waals surface area contributed by atoms with Crippen LogP contribution in [0.1, 0.15) is 17.3 Å². The average Bonchev–Trinajstić information content (AvgIpc) is 2.66. The van der Waals surface area contributed by atoms with Crippen LogP contribution in [0.5, 0.6) is 5.75 Å². The maximum absolute atomic E-state index is 14.3. The molecule has 0 aromatic heterocycles. The Morgan fingerprint density at radius 3 is 2.48 bits per heavy atom. The molecule has 2 aromatic carbocycles. The van der Waals surface area contributed by atoms with E-state index in [1.165, 1.54) is 13.0 Å². The second-order valence-corrected chi connectivity index (χ2v) is 7.58. The lowest BCUT2D eigenvalue weighted by molar-refractivity contribution is -0.133. The van der Waals surface area contributed by atoms with Gasteiger partial charge in [-0.05, 0) is 65.9 Å². The Hall–Kier alpha value is -2.16. The smallest absolute Gasteiger partial charge is 0.260 e. The van der Waals surface area contributed by atoms with Gasteiger partial charge in [-0.15, -0.1) is 0 Å². The standard InChI is InChI=1S/C20H20FIN2O3/c1-14(25)15-5-6-19(18(21)11-15)23-7-9-24(10-8-23)20(26)13-27-17-4-2-3-16(22)12-17/h2-6,11-12H,7-10,13H2,1H3. The van der Waals surface area contributed by atoms with Crippen molar-refractivity contribution >= 4 is 40.0 Å². The number of halogens is 2. The summed E-state index contributed by atoms with van der Waals surface area (Å²) in [5.74, 6) is 0.0101. The first kappa shape index (κ1) is 19.6. The quantitative estimate of drug-likeness (QED) is 0.485. The molecule has 0 radical (unpaired) electrons. The highest BCUT2D eigenvalue weighted by Crippen LogP contribution is 2.22. The van der Waals surface area contributed by atoms with Gasteiger partial charge in [0.25, 0.3) is 5.91 Å². The molecule has 0 bridgehead atoms. The summed E-state index contributed by atoms with van der Waals surface area (Å²) in [4.78, 5) is 27.3. The van der Waals surface area contributed by atoms with E-state index in [4.69, 9.17) is 4.74 Å². The Balaban J connectivity index is 1.54. The van der Waals surface area contributed by atoms with Gasteiger partial charge in [-0.25, -0.2) is 4.39 Å². The van der Waals surface area contributed by atoms with Gasteiger partial charge in [-0.3, -0.25) is 9.59 Å². The van der Waals surface area contributed by atoms with Crippen LogP contribution in [-0.2, 0) is 4.79 Å². The first-order valence-electron chi connectivity index (χ1n) is 8.65. The van der Waals surface area contributed by atoms with E-state index in [9.17, 15) is 14.0 Å². The molecule has 0 N–H and O–H groups in total. The van der Waals surface area contributed by atoms with E-state index in [2.05, 4.69) is 22.6 Å². The van der Waals surface area contributed by atoms with Gasteiger partial charge in [-0.1, -0.05) is 6.07 Å². The third-order valence-corrected chi connectivity index (χ3v) is 5.16. The monoisotopic (exact) mass is 482 g/mol. The lowest BCUT2D eigenvalue weighted by Crippen LogP contribution is -2.50. The van der Waals surface area contributed by atoms with Crippen LogP contribution in [-0.4, -0.2) is 49.4 Å². The zero-order valence-corrected chi connectivity index (χ0v) is 17.1. The number of piperazine rings is 1. The highest BCUT2D eigenvalue weighted by molar-refractivity contribution is 14.1. The Labute approximate surface area is 171 Å². The van der Waals surface area contributed by atoms with Gasteiger partial charge < -0.3 is 14.5 Å². The summed E-state index contributed by atoms with van der Waals surface area (Å²) < 4.78 is 20.9. The molecule has 0 unspecified atom stereocenters. The fraction of sp³-hybridized carbons (Fsp3) is 0.300. The molecule has 0 spiro atoms. The van der Waals surface area contributed by atoms with E-state index >= 15 is 0 Å². The van der Waals surface area contributed by atoms with E-state index in [1.807, 2.05) is 29.2 Å². The maximum atomic E-state index is 14.3. The van der Waals surface area contributed by atoms with Crippen LogP contribution < -0.4 is 9.64 Å². The summed E-state index contributed by atoms with van der Waals surface area (Å²) in [5, 5.41) is 0. The van der Waals surface area contributed by atoms with Crippen LogP contribution in [0.15, 0.2) is 42.5 Å². The SMILES string of the molecule is CC(=O)c1ccc(N2CCN(C(=O)COc3cccc(I)c3)CC2)c(F)c1. The largest absolute Gasteiger partial charge is 0.484 e. The molecule has 1 fully saturated rings. The molecule has 3 rings (SSSR count). The third kappa shape index (κ3) is 4.97. The van der Waals surface area contributed by atoms with Crippen LogP contribution in [0.2, 0.25) is 0 Å². The number of Topliss-reactive ketones (excluding diaryl/α,β-unsaturated/α-hetero) is 1. The molecule has 142 valence electrons. The molecule has 7 heteroatoms. The van der Waals surface area contributed by atoms with E-state index in [0.29, 0.717) is 43.2 Å². The predicted octanol–water partition coefficient (Wildman–Crippen LogP) is 3.36. The Bertz CT molecular complexity index is 851. The van der Waals surface area contributed by atoms with Gasteiger partial charge in [0.1, 0.15) is 11.6 Å². The van der Waals surface area contributed by atoms with Crippen LogP contribution in [0, 0.1) is 9.39 Å². The second-order valence-electron chi connectivity index (χ2n) is 6.34. The number of carbonyl (C=O) groups excluding carboxylic acids is 2. The summed E-state index contributed by atoms with van der Waals surface area (Å²) in [6, 6.07) is 12.1. The molecule has 1 saturated heterocycles. The van der Waals surface area contributed by atoms with Crippen molar-refractivity contribution in [2.45, 2.75) is 6.92 Å². The normalized spacial score (nSPS) is 14.2. The molecule has 0 saturated carbocycles. The number of rotatable bonds is 5. The predicted molar refractivity (Wildman–Crippen MR) is 110 cm³/mol. The molecule has 1 aliphatic heterocycles. The minimum Gasteiger partial charge on any atom is -0.484 e. The number of nitrogens with zero attached hydrogens (tertiary/aromatic N) is 2. The fourth-order valence-electron chi connectivity index (χ4n) is 2.97. The van der Waals surface area contributed by atoms with Crippen molar-refractivity contribution in [1.82, 2.24) is 4.90 Å². The minimum absolute atomic E-state index is 0.0121. The minimum atomic E-state index is -0.413. The number of hydrogen-bond donors (Lipinski definition) is 0. The highest BCUT2D eigenvalue weighted by atomic mass is 127. The summed E-state index contributed by atoms with van der Waals surface area (Å²) in [7, 11) is 0. The molecule has 1 aliphatic rings. The topological polar surface area (TPSA) is 49.9 Å². The molecular weight excluding hydrogens is 462 g/mol. The zero-order chi connectivity index (χ0) is 19.4. The zero-order valence-electron chi connectivity index (χ0n) is 15.0. The van der Waals surface area contributed by atoms with E-state index in [0.717, 1.165) is 3.57 Å². The number of hydrogen-bond acceptors (Lipinski definition) is 4. The molecule has 0 atom stereocenters. The van der Waals surface area contributed by atoms with Crippen molar-refractivity contribution in [2.24, 2.45) is 0 Å². The lowest BCUT2D eigenvalue weighted by Gasteiger charge is -2.36. The van der Waals surface area contributed by atoms with Gasteiger partial charge in [0, 0.05) is 35.3 Å². The first-order valence-corrected chi connectivity index (χ1v) is 9.73. The van der Waals surface area contributed by atoms with E-state index < -0.39 is 5.82 Å². The molecular formula is C20H20FIN2O3. The van der Waals surface area contributed by atoms with Gasteiger partial charge in [0.15, 0.2) is 12.4 Å². The number of carbonyl (C=O) groups is 2. The third-order valence-electron chi connectivity index (χ3n) is 4.49. The van der Waals surface area contributed by atoms with Crippen LogP contribution in [0.4, 0.5) is 10.1 Å². The Morgan fingerprint density at radius 1 is 1.11 bits per heavy atom. The number of ketones is 1. The Morgan fingerprint density at radius 2 is 1.85 bits per heavy atom. The number of anilines is 1. The Kier molecular flexibility index (Phi) is 6.30. The van der Waals surface area contributed by atoms with E-state index in [1.54, 1.807) is 17.0 Å².